The van der Waals surface area contributed by atoms with Crippen LogP contribution in [0.15, 0.2) is 0 Å². The van der Waals surface area contributed by atoms with E-state index in [1.165, 1.54) is 0 Å². The zero-order chi connectivity index (χ0) is 16.3. The van der Waals surface area contributed by atoms with E-state index in [0.717, 1.165) is 6.42 Å². The summed E-state index contributed by atoms with van der Waals surface area (Å²) in [5.74, 6) is -0.00840. The number of piperazine rings is 1. The Morgan fingerprint density at radius 1 is 1.29 bits per heavy atom. The van der Waals surface area contributed by atoms with E-state index in [1.54, 1.807) is 18.9 Å². The Kier molecular flexibility index (Phi) is 5.79. The highest BCUT2D eigenvalue weighted by Crippen LogP contribution is 2.29. The summed E-state index contributed by atoms with van der Waals surface area (Å²) < 4.78 is 5.14. The van der Waals surface area contributed by atoms with E-state index >= 15 is 0 Å². The molecule has 2 amide bonds. The van der Waals surface area contributed by atoms with Crippen LogP contribution in [0, 0.1) is 5.41 Å². The molecular weight excluding hydrogens is 268 g/mol. The van der Waals surface area contributed by atoms with Gasteiger partial charge >= 0.3 is 0 Å². The third kappa shape index (κ3) is 3.76. The monoisotopic (exact) mass is 298 g/mol. The second-order valence-corrected chi connectivity index (χ2v) is 6.79. The third-order valence-corrected chi connectivity index (χ3v) is 4.67. The average molecular weight is 298 g/mol. The molecule has 0 radical (unpaired) electrons. The van der Waals surface area contributed by atoms with E-state index in [-0.39, 0.29) is 17.2 Å². The molecule has 1 unspecified atom stereocenters. The van der Waals surface area contributed by atoms with Gasteiger partial charge in [0.1, 0.15) is 11.6 Å². The zero-order valence-electron chi connectivity index (χ0n) is 14.3. The molecule has 1 N–H and O–H groups in total. The SMILES string of the molecule is CCC1(CC)NC(=O)C(C)N(CC(C)(C)CCOC)C1=O. The fourth-order valence-electron chi connectivity index (χ4n) is 2.84. The van der Waals surface area contributed by atoms with E-state index in [9.17, 15) is 9.59 Å². The lowest BCUT2D eigenvalue weighted by molar-refractivity contribution is -0.156. The van der Waals surface area contributed by atoms with Gasteiger partial charge in [-0.3, -0.25) is 9.59 Å². The van der Waals surface area contributed by atoms with Gasteiger partial charge in [-0.1, -0.05) is 27.7 Å². The van der Waals surface area contributed by atoms with Gasteiger partial charge < -0.3 is 15.0 Å². The average Bonchev–Trinajstić information content (AvgIpc) is 2.45. The Morgan fingerprint density at radius 3 is 2.33 bits per heavy atom. The summed E-state index contributed by atoms with van der Waals surface area (Å²) in [6.45, 7) is 11.1. The molecule has 1 aliphatic heterocycles. The summed E-state index contributed by atoms with van der Waals surface area (Å²) in [5.41, 5.74) is -0.814. The van der Waals surface area contributed by atoms with Crippen molar-refractivity contribution in [2.75, 3.05) is 20.3 Å². The molecule has 1 atom stereocenters. The lowest BCUT2D eigenvalue weighted by atomic mass is 9.83. The number of carbonyl (C=O) groups excluding carboxylic acids is 2. The maximum atomic E-state index is 12.9. The first kappa shape index (κ1) is 18.0. The van der Waals surface area contributed by atoms with Gasteiger partial charge in [-0.2, -0.15) is 0 Å². The molecule has 0 aromatic carbocycles. The van der Waals surface area contributed by atoms with Gasteiger partial charge in [0.05, 0.1) is 0 Å². The summed E-state index contributed by atoms with van der Waals surface area (Å²) in [7, 11) is 1.68. The topological polar surface area (TPSA) is 58.6 Å². The van der Waals surface area contributed by atoms with Crippen LogP contribution in [0.4, 0.5) is 0 Å². The summed E-state index contributed by atoms with van der Waals surface area (Å²) in [5, 5.41) is 2.93. The standard InChI is InChI=1S/C16H30N2O3/c1-7-16(8-2)14(20)18(12(3)13(19)17-16)11-15(4,5)9-10-21-6/h12H,7-11H2,1-6H3,(H,17,19). The van der Waals surface area contributed by atoms with E-state index < -0.39 is 11.6 Å². The van der Waals surface area contributed by atoms with Crippen molar-refractivity contribution in [3.63, 3.8) is 0 Å². The van der Waals surface area contributed by atoms with Crippen LogP contribution in [0.5, 0.6) is 0 Å². The first-order valence-corrected chi connectivity index (χ1v) is 7.85. The fraction of sp³-hybridized carbons (Fsp3) is 0.875. The van der Waals surface area contributed by atoms with Crippen molar-refractivity contribution in [1.82, 2.24) is 10.2 Å². The van der Waals surface area contributed by atoms with Crippen LogP contribution in [0.3, 0.4) is 0 Å². The minimum Gasteiger partial charge on any atom is -0.385 e. The molecule has 0 aromatic rings. The number of ether oxygens (including phenoxy) is 1. The predicted octanol–water partition coefficient (Wildman–Crippen LogP) is 1.95. The van der Waals surface area contributed by atoms with Crippen LogP contribution in [0.1, 0.15) is 53.9 Å². The molecule has 1 fully saturated rings. The van der Waals surface area contributed by atoms with Crippen molar-refractivity contribution in [2.45, 2.75) is 65.5 Å². The summed E-state index contributed by atoms with van der Waals surface area (Å²) in [6.07, 6.45) is 2.10. The number of nitrogens with one attached hydrogen (secondary N) is 1. The third-order valence-electron chi connectivity index (χ3n) is 4.67. The van der Waals surface area contributed by atoms with Crippen LogP contribution in [-0.2, 0) is 14.3 Å². The molecule has 5 heteroatoms. The molecular formula is C16H30N2O3. The Morgan fingerprint density at radius 2 is 1.86 bits per heavy atom. The van der Waals surface area contributed by atoms with Crippen molar-refractivity contribution in [3.05, 3.63) is 0 Å². The Bertz CT molecular complexity index is 389. The number of nitrogens with zero attached hydrogens (tertiary/aromatic N) is 1. The van der Waals surface area contributed by atoms with E-state index in [0.29, 0.717) is 26.0 Å². The zero-order valence-corrected chi connectivity index (χ0v) is 14.3. The molecule has 1 heterocycles. The number of hydrogen-bond donors (Lipinski definition) is 1. The van der Waals surface area contributed by atoms with Crippen LogP contribution in [0.25, 0.3) is 0 Å². The van der Waals surface area contributed by atoms with E-state index in [2.05, 4.69) is 19.2 Å². The molecule has 0 bridgehead atoms. The summed E-state index contributed by atoms with van der Waals surface area (Å²) in [4.78, 5) is 26.9. The Labute approximate surface area is 128 Å². The summed E-state index contributed by atoms with van der Waals surface area (Å²) >= 11 is 0. The lowest BCUT2D eigenvalue weighted by Crippen LogP contribution is -2.70. The number of rotatable bonds is 7. The minimum absolute atomic E-state index is 0.0464. The molecule has 122 valence electrons. The first-order valence-electron chi connectivity index (χ1n) is 7.85. The number of amides is 2. The van der Waals surface area contributed by atoms with Crippen molar-refractivity contribution in [2.24, 2.45) is 5.41 Å². The molecule has 1 rings (SSSR count). The molecule has 0 aromatic heterocycles. The maximum Gasteiger partial charge on any atom is 0.248 e. The van der Waals surface area contributed by atoms with Crippen molar-refractivity contribution in [3.8, 4) is 0 Å². The van der Waals surface area contributed by atoms with E-state index in [4.69, 9.17) is 4.74 Å². The molecule has 0 saturated carbocycles. The van der Waals surface area contributed by atoms with Crippen molar-refractivity contribution >= 4 is 11.8 Å². The smallest absolute Gasteiger partial charge is 0.248 e. The molecule has 0 spiro atoms. The molecule has 5 nitrogen and oxygen atoms in total. The highest BCUT2D eigenvalue weighted by molar-refractivity contribution is 5.99. The molecule has 1 aliphatic rings. The molecule has 1 saturated heterocycles. The largest absolute Gasteiger partial charge is 0.385 e. The van der Waals surface area contributed by atoms with Gasteiger partial charge in [-0.25, -0.2) is 0 Å². The van der Waals surface area contributed by atoms with Crippen molar-refractivity contribution < 1.29 is 14.3 Å². The normalized spacial score (nSPS) is 22.4. The second-order valence-electron chi connectivity index (χ2n) is 6.79. The number of carbonyl (C=O) groups is 2. The second kappa shape index (κ2) is 6.77. The predicted molar refractivity (Wildman–Crippen MR) is 82.9 cm³/mol. The van der Waals surface area contributed by atoms with Gasteiger partial charge in [-0.05, 0) is 31.6 Å². The maximum absolute atomic E-state index is 12.9. The van der Waals surface area contributed by atoms with Crippen LogP contribution >= 0.6 is 0 Å². The van der Waals surface area contributed by atoms with Gasteiger partial charge in [0, 0.05) is 20.3 Å². The van der Waals surface area contributed by atoms with Gasteiger partial charge in [0.15, 0.2) is 0 Å². The van der Waals surface area contributed by atoms with Gasteiger partial charge in [0.2, 0.25) is 11.8 Å². The lowest BCUT2D eigenvalue weighted by Gasteiger charge is -2.46. The highest BCUT2D eigenvalue weighted by Gasteiger charge is 2.48. The van der Waals surface area contributed by atoms with E-state index in [1.807, 2.05) is 13.8 Å². The fourth-order valence-corrected chi connectivity index (χ4v) is 2.84. The first-order chi connectivity index (χ1) is 9.73. The quantitative estimate of drug-likeness (QED) is 0.781. The van der Waals surface area contributed by atoms with Crippen LogP contribution in [0.2, 0.25) is 0 Å². The summed E-state index contributed by atoms with van der Waals surface area (Å²) in [6, 6.07) is -0.412. The van der Waals surface area contributed by atoms with Crippen LogP contribution in [-0.4, -0.2) is 48.6 Å². The van der Waals surface area contributed by atoms with Gasteiger partial charge in [-0.15, -0.1) is 0 Å². The van der Waals surface area contributed by atoms with Gasteiger partial charge in [0.25, 0.3) is 0 Å². The number of methoxy groups -OCH3 is 1. The molecule has 21 heavy (non-hydrogen) atoms. The Balaban J connectivity index is 2.97. The highest BCUT2D eigenvalue weighted by atomic mass is 16.5. The number of hydrogen-bond acceptors (Lipinski definition) is 3. The molecule has 0 aliphatic carbocycles. The van der Waals surface area contributed by atoms with Crippen molar-refractivity contribution in [1.29, 1.82) is 0 Å². The minimum atomic E-state index is -0.735. The van der Waals surface area contributed by atoms with Crippen LogP contribution < -0.4 is 5.32 Å². The Hall–Kier alpha value is -1.10.